The van der Waals surface area contributed by atoms with Gasteiger partial charge in [0, 0.05) is 29.7 Å². The number of nitrogens with one attached hydrogen (secondary N) is 2. The topological polar surface area (TPSA) is 55.5 Å². The molecule has 1 aliphatic carbocycles. The largest absolute Gasteiger partial charge is 0.493 e. The third-order valence-electron chi connectivity index (χ3n) is 6.05. The molecule has 2 unspecified atom stereocenters. The number of benzene rings is 2. The number of hydrogen-bond acceptors (Lipinski definition) is 4. The smallest absolute Gasteiger partial charge is 0.204 e. The highest BCUT2D eigenvalue weighted by molar-refractivity contribution is 5.83. The van der Waals surface area contributed by atoms with E-state index in [1.165, 1.54) is 11.6 Å². The van der Waals surface area contributed by atoms with Gasteiger partial charge in [0.05, 0.1) is 7.11 Å². The van der Waals surface area contributed by atoms with Crippen molar-refractivity contribution in [1.82, 2.24) is 10.3 Å². The third-order valence-corrected chi connectivity index (χ3v) is 6.05. The molecule has 2 aliphatic rings. The number of H-pyrrole nitrogens is 1. The number of aromatic nitrogens is 1. The van der Waals surface area contributed by atoms with Crippen molar-refractivity contribution >= 4 is 10.9 Å². The summed E-state index contributed by atoms with van der Waals surface area (Å²) in [4.78, 5) is 3.28. The van der Waals surface area contributed by atoms with Crippen molar-refractivity contribution in [2.24, 2.45) is 0 Å². The van der Waals surface area contributed by atoms with Gasteiger partial charge in [0.15, 0.2) is 11.5 Å². The summed E-state index contributed by atoms with van der Waals surface area (Å²) in [5.41, 5.74) is 2.22. The van der Waals surface area contributed by atoms with Crippen LogP contribution in [0, 0.1) is 5.82 Å². The summed E-state index contributed by atoms with van der Waals surface area (Å²) >= 11 is 0. The predicted molar refractivity (Wildman–Crippen MR) is 110 cm³/mol. The maximum atomic E-state index is 13.7. The van der Waals surface area contributed by atoms with E-state index in [1.54, 1.807) is 13.2 Å². The van der Waals surface area contributed by atoms with Crippen LogP contribution >= 0.6 is 0 Å². The summed E-state index contributed by atoms with van der Waals surface area (Å²) in [6, 6.07) is 11.0. The van der Waals surface area contributed by atoms with Gasteiger partial charge in [0.25, 0.3) is 0 Å². The van der Waals surface area contributed by atoms with Gasteiger partial charge in [-0.1, -0.05) is 6.07 Å². The van der Waals surface area contributed by atoms with Crippen molar-refractivity contribution in [1.29, 1.82) is 0 Å². The van der Waals surface area contributed by atoms with E-state index < -0.39 is 0 Å². The second-order valence-electron chi connectivity index (χ2n) is 7.89. The zero-order chi connectivity index (χ0) is 19.8. The molecule has 1 aromatic heterocycles. The second kappa shape index (κ2) is 7.59. The average Bonchev–Trinajstić information content (AvgIpc) is 3.38. The van der Waals surface area contributed by atoms with Gasteiger partial charge in [-0.25, -0.2) is 4.39 Å². The minimum Gasteiger partial charge on any atom is -0.493 e. The van der Waals surface area contributed by atoms with E-state index in [4.69, 9.17) is 14.2 Å². The van der Waals surface area contributed by atoms with Crippen molar-refractivity contribution in [2.75, 3.05) is 20.3 Å². The molecular weight excluding hydrogens is 371 g/mol. The highest BCUT2D eigenvalue weighted by Crippen LogP contribution is 2.41. The molecule has 5 rings (SSSR count). The fourth-order valence-electron chi connectivity index (χ4n) is 4.57. The maximum Gasteiger partial charge on any atom is 0.204 e. The highest BCUT2D eigenvalue weighted by atomic mass is 19.1. The van der Waals surface area contributed by atoms with Crippen LogP contribution in [-0.4, -0.2) is 37.4 Å². The van der Waals surface area contributed by atoms with E-state index in [0.717, 1.165) is 42.5 Å². The predicted octanol–water partition coefficient (Wildman–Crippen LogP) is 4.38. The summed E-state index contributed by atoms with van der Waals surface area (Å²) in [6.07, 6.45) is 5.22. The van der Waals surface area contributed by atoms with Crippen LogP contribution in [0.15, 0.2) is 42.6 Å². The Balaban J connectivity index is 1.20. The number of para-hydroxylation sites is 1. The van der Waals surface area contributed by atoms with Crippen LogP contribution in [-0.2, 0) is 0 Å². The number of rotatable bonds is 5. The molecule has 0 radical (unpaired) electrons. The summed E-state index contributed by atoms with van der Waals surface area (Å²) in [5, 5.41) is 4.64. The molecule has 2 heterocycles. The van der Waals surface area contributed by atoms with Crippen molar-refractivity contribution in [3.8, 4) is 17.2 Å². The lowest BCUT2D eigenvalue weighted by molar-refractivity contribution is 0.0844. The van der Waals surface area contributed by atoms with Crippen LogP contribution in [0.25, 0.3) is 10.9 Å². The Labute approximate surface area is 169 Å². The molecule has 3 aromatic rings. The lowest BCUT2D eigenvalue weighted by atomic mass is 9.97. The Hall–Kier alpha value is -2.73. The first kappa shape index (κ1) is 18.3. The molecule has 0 spiro atoms. The fourth-order valence-corrected chi connectivity index (χ4v) is 4.57. The van der Waals surface area contributed by atoms with Crippen LogP contribution in [0.4, 0.5) is 4.39 Å². The SMILES string of the molecule is COc1cccc2c1O[C@@H](CNC1CCC(c3c[nH]c4ccc(F)cc34)C1)CO2. The average molecular weight is 396 g/mol. The fraction of sp³-hybridized carbons (Fsp3) is 0.391. The number of aromatic amines is 1. The van der Waals surface area contributed by atoms with Crippen LogP contribution in [0.2, 0.25) is 0 Å². The van der Waals surface area contributed by atoms with Gasteiger partial charge in [-0.3, -0.25) is 0 Å². The van der Waals surface area contributed by atoms with Gasteiger partial charge in [0.2, 0.25) is 5.75 Å². The molecule has 2 N–H and O–H groups in total. The Bertz CT molecular complexity index is 1000. The van der Waals surface area contributed by atoms with Gasteiger partial charge in [0.1, 0.15) is 18.5 Å². The molecule has 0 bridgehead atoms. The molecule has 0 amide bonds. The van der Waals surface area contributed by atoms with Gasteiger partial charge in [-0.05, 0) is 61.1 Å². The van der Waals surface area contributed by atoms with Crippen molar-refractivity contribution < 1.29 is 18.6 Å². The Morgan fingerprint density at radius 2 is 2.17 bits per heavy atom. The standard InChI is InChI=1S/C23H25FN2O3/c1-27-21-3-2-4-22-23(21)29-17(13-28-22)11-25-16-7-5-14(9-16)19-12-26-20-8-6-15(24)10-18(19)20/h2-4,6,8,10,12,14,16-17,25-26H,5,7,9,11,13H2,1H3/t14?,16?,17-/m0/s1. The van der Waals surface area contributed by atoms with Gasteiger partial charge < -0.3 is 24.5 Å². The zero-order valence-corrected chi connectivity index (χ0v) is 16.4. The molecule has 2 aromatic carbocycles. The minimum atomic E-state index is -0.184. The van der Waals surface area contributed by atoms with Gasteiger partial charge in [-0.2, -0.15) is 0 Å². The van der Waals surface area contributed by atoms with Crippen molar-refractivity contribution in [3.05, 3.63) is 54.0 Å². The van der Waals surface area contributed by atoms with Crippen LogP contribution in [0.3, 0.4) is 0 Å². The Kier molecular flexibility index (Phi) is 4.79. The molecule has 0 saturated heterocycles. The first-order chi connectivity index (χ1) is 14.2. The Morgan fingerprint density at radius 3 is 3.07 bits per heavy atom. The van der Waals surface area contributed by atoms with E-state index in [2.05, 4.69) is 10.3 Å². The summed E-state index contributed by atoms with van der Waals surface area (Å²) in [5.74, 6) is 2.36. The highest BCUT2D eigenvalue weighted by Gasteiger charge is 2.29. The van der Waals surface area contributed by atoms with Gasteiger partial charge >= 0.3 is 0 Å². The van der Waals surface area contributed by atoms with Crippen molar-refractivity contribution in [3.63, 3.8) is 0 Å². The van der Waals surface area contributed by atoms with Gasteiger partial charge in [-0.15, -0.1) is 0 Å². The molecule has 3 atom stereocenters. The molecule has 5 nitrogen and oxygen atoms in total. The van der Waals surface area contributed by atoms with Crippen LogP contribution in [0.1, 0.15) is 30.7 Å². The summed E-state index contributed by atoms with van der Waals surface area (Å²) in [7, 11) is 1.64. The molecule has 6 heteroatoms. The van der Waals surface area contributed by atoms with E-state index in [0.29, 0.717) is 30.1 Å². The molecule has 152 valence electrons. The van der Waals surface area contributed by atoms with E-state index >= 15 is 0 Å². The van der Waals surface area contributed by atoms with E-state index in [1.807, 2.05) is 30.5 Å². The second-order valence-corrected chi connectivity index (χ2v) is 7.89. The molecule has 29 heavy (non-hydrogen) atoms. The zero-order valence-electron chi connectivity index (χ0n) is 16.4. The monoisotopic (exact) mass is 396 g/mol. The number of fused-ring (bicyclic) bond motifs is 2. The molecular formula is C23H25FN2O3. The van der Waals surface area contributed by atoms with E-state index in [-0.39, 0.29) is 11.9 Å². The molecule has 1 saturated carbocycles. The number of methoxy groups -OCH3 is 1. The molecule has 1 aliphatic heterocycles. The molecule has 1 fully saturated rings. The number of ether oxygens (including phenoxy) is 3. The van der Waals surface area contributed by atoms with Crippen LogP contribution < -0.4 is 19.5 Å². The third kappa shape index (κ3) is 3.53. The lowest BCUT2D eigenvalue weighted by Crippen LogP contribution is -2.41. The lowest BCUT2D eigenvalue weighted by Gasteiger charge is -2.28. The first-order valence-electron chi connectivity index (χ1n) is 10.2. The number of halogens is 1. The Morgan fingerprint density at radius 1 is 1.24 bits per heavy atom. The quantitative estimate of drug-likeness (QED) is 0.672. The normalized spacial score (nSPS) is 23.4. The summed E-state index contributed by atoms with van der Waals surface area (Å²) < 4.78 is 31.0. The number of hydrogen-bond donors (Lipinski definition) is 2. The maximum absolute atomic E-state index is 13.7. The summed E-state index contributed by atoms with van der Waals surface area (Å²) in [6.45, 7) is 1.24. The van der Waals surface area contributed by atoms with Crippen LogP contribution in [0.5, 0.6) is 17.2 Å². The van der Waals surface area contributed by atoms with Crippen molar-refractivity contribution in [2.45, 2.75) is 37.3 Å². The first-order valence-corrected chi connectivity index (χ1v) is 10.2. The van der Waals surface area contributed by atoms with E-state index in [9.17, 15) is 4.39 Å². The minimum absolute atomic E-state index is 0.0555.